The van der Waals surface area contributed by atoms with Crippen LogP contribution in [0.4, 0.5) is 24.7 Å². The van der Waals surface area contributed by atoms with Gasteiger partial charge in [0, 0.05) is 48.4 Å². The lowest BCUT2D eigenvalue weighted by Gasteiger charge is -2.28. The molecule has 1 N–H and O–H groups in total. The molecule has 1 atom stereocenters. The highest BCUT2D eigenvalue weighted by molar-refractivity contribution is 5.93. The van der Waals surface area contributed by atoms with Gasteiger partial charge in [0.05, 0.1) is 36.6 Å². The summed E-state index contributed by atoms with van der Waals surface area (Å²) in [5.41, 5.74) is 1.83. The summed E-state index contributed by atoms with van der Waals surface area (Å²) in [6.45, 7) is 13.0. The Kier molecular flexibility index (Phi) is 8.65. The average molecular weight is 580 g/mol. The molecule has 7 nitrogen and oxygen atoms in total. The van der Waals surface area contributed by atoms with Crippen LogP contribution in [-0.4, -0.2) is 59.3 Å². The molecule has 1 unspecified atom stereocenters. The third-order valence-electron chi connectivity index (χ3n) is 7.25. The standard InChI is InChI=1S/C32H36F3N5O2/c1-21(19-40-14-16-41-17-15-40)20-42-30-38-27-18-22(28-26(32(33,34)35)6-5-13-36-28)7-12-25(27)29(39-30)37-24-10-8-23(9-11-24)31(2,3)4/h5-13,18,21H,14-17,19-20H2,1-4H3,(H,37,38,39). The van der Waals surface area contributed by atoms with E-state index in [9.17, 15) is 13.2 Å². The first-order valence-corrected chi connectivity index (χ1v) is 14.1. The van der Waals surface area contributed by atoms with Crippen molar-refractivity contribution >= 4 is 22.4 Å². The van der Waals surface area contributed by atoms with Crippen molar-refractivity contribution in [2.24, 2.45) is 5.92 Å². The molecule has 222 valence electrons. The topological polar surface area (TPSA) is 72.4 Å². The molecule has 1 fully saturated rings. The Labute approximate surface area is 244 Å². The van der Waals surface area contributed by atoms with Crippen LogP contribution in [0, 0.1) is 5.92 Å². The van der Waals surface area contributed by atoms with E-state index in [2.05, 4.69) is 65.0 Å². The van der Waals surface area contributed by atoms with Gasteiger partial charge in [-0.2, -0.15) is 23.1 Å². The molecule has 5 rings (SSSR count). The third-order valence-corrected chi connectivity index (χ3v) is 7.25. The number of fused-ring (bicyclic) bond motifs is 1. The van der Waals surface area contributed by atoms with E-state index in [-0.39, 0.29) is 23.0 Å². The Morgan fingerprint density at radius 3 is 2.43 bits per heavy atom. The number of nitrogens with zero attached hydrogens (tertiary/aromatic N) is 4. The van der Waals surface area contributed by atoms with Crippen molar-refractivity contribution in [1.82, 2.24) is 19.9 Å². The number of rotatable bonds is 8. The summed E-state index contributed by atoms with van der Waals surface area (Å²) in [7, 11) is 0. The minimum Gasteiger partial charge on any atom is -0.463 e. The van der Waals surface area contributed by atoms with E-state index < -0.39 is 11.7 Å². The van der Waals surface area contributed by atoms with Crippen LogP contribution < -0.4 is 10.1 Å². The van der Waals surface area contributed by atoms with Crippen molar-refractivity contribution in [3.63, 3.8) is 0 Å². The number of aromatic nitrogens is 3. The van der Waals surface area contributed by atoms with E-state index in [1.165, 1.54) is 17.8 Å². The molecule has 0 amide bonds. The maximum absolute atomic E-state index is 13.8. The van der Waals surface area contributed by atoms with Crippen molar-refractivity contribution in [1.29, 1.82) is 0 Å². The molecule has 1 aliphatic heterocycles. The predicted octanol–water partition coefficient (Wildman–Crippen LogP) is 7.10. The van der Waals surface area contributed by atoms with Gasteiger partial charge in [-0.05, 0) is 47.4 Å². The summed E-state index contributed by atoms with van der Waals surface area (Å²) >= 11 is 0. The molecule has 3 heterocycles. The first-order chi connectivity index (χ1) is 20.0. The van der Waals surface area contributed by atoms with Gasteiger partial charge in [0.15, 0.2) is 0 Å². The molecule has 0 spiro atoms. The Bertz CT molecular complexity index is 1510. The molecule has 1 saturated heterocycles. The van der Waals surface area contributed by atoms with Crippen LogP contribution >= 0.6 is 0 Å². The summed E-state index contributed by atoms with van der Waals surface area (Å²) < 4.78 is 52.8. The zero-order valence-electron chi connectivity index (χ0n) is 24.3. The van der Waals surface area contributed by atoms with E-state index in [4.69, 9.17) is 9.47 Å². The van der Waals surface area contributed by atoms with Gasteiger partial charge < -0.3 is 14.8 Å². The molecule has 0 aliphatic carbocycles. The Morgan fingerprint density at radius 2 is 1.74 bits per heavy atom. The van der Waals surface area contributed by atoms with E-state index >= 15 is 0 Å². The summed E-state index contributed by atoms with van der Waals surface area (Å²) in [6, 6.07) is 15.5. The number of benzene rings is 2. The Hall–Kier alpha value is -3.76. The molecular formula is C32H36F3N5O2. The maximum Gasteiger partial charge on any atom is 0.418 e. The summed E-state index contributed by atoms with van der Waals surface area (Å²) in [4.78, 5) is 15.7. The van der Waals surface area contributed by atoms with Gasteiger partial charge in [-0.1, -0.05) is 45.9 Å². The average Bonchev–Trinajstić information content (AvgIpc) is 2.96. The second-order valence-electron chi connectivity index (χ2n) is 11.8. The number of hydrogen-bond donors (Lipinski definition) is 1. The SMILES string of the molecule is CC(COc1nc(Nc2ccc(C(C)(C)C)cc2)c2ccc(-c3ncccc3C(F)(F)F)cc2n1)CN1CCOCC1. The largest absolute Gasteiger partial charge is 0.463 e. The van der Waals surface area contributed by atoms with Crippen molar-refractivity contribution in [3.05, 3.63) is 71.9 Å². The van der Waals surface area contributed by atoms with Crippen LogP contribution in [0.2, 0.25) is 0 Å². The van der Waals surface area contributed by atoms with Crippen LogP contribution in [0.15, 0.2) is 60.8 Å². The van der Waals surface area contributed by atoms with E-state index in [0.717, 1.165) is 44.6 Å². The van der Waals surface area contributed by atoms with Gasteiger partial charge in [0.25, 0.3) is 0 Å². The van der Waals surface area contributed by atoms with Crippen LogP contribution in [-0.2, 0) is 16.3 Å². The number of pyridine rings is 1. The number of hydrogen-bond acceptors (Lipinski definition) is 7. The van der Waals surface area contributed by atoms with Crippen LogP contribution in [0.25, 0.3) is 22.2 Å². The Morgan fingerprint density at radius 1 is 1.00 bits per heavy atom. The molecule has 0 radical (unpaired) electrons. The fourth-order valence-corrected chi connectivity index (χ4v) is 4.96. The highest BCUT2D eigenvalue weighted by Gasteiger charge is 2.34. The van der Waals surface area contributed by atoms with Crippen molar-refractivity contribution in [2.75, 3.05) is 44.8 Å². The zero-order valence-corrected chi connectivity index (χ0v) is 24.3. The highest BCUT2D eigenvalue weighted by Crippen LogP contribution is 2.37. The molecule has 0 saturated carbocycles. The molecule has 2 aromatic carbocycles. The van der Waals surface area contributed by atoms with Gasteiger partial charge in [0.1, 0.15) is 5.82 Å². The van der Waals surface area contributed by atoms with Gasteiger partial charge in [-0.3, -0.25) is 9.88 Å². The second-order valence-corrected chi connectivity index (χ2v) is 11.8. The van der Waals surface area contributed by atoms with Crippen LogP contribution in [0.1, 0.15) is 38.8 Å². The minimum absolute atomic E-state index is 0.0101. The fourth-order valence-electron chi connectivity index (χ4n) is 4.96. The normalized spacial score (nSPS) is 15.5. The maximum atomic E-state index is 13.8. The molecular weight excluding hydrogens is 543 g/mol. The summed E-state index contributed by atoms with van der Waals surface area (Å²) in [6.07, 6.45) is -3.19. The van der Waals surface area contributed by atoms with Gasteiger partial charge >= 0.3 is 12.2 Å². The number of nitrogens with one attached hydrogen (secondary N) is 1. The molecule has 42 heavy (non-hydrogen) atoms. The number of halogens is 3. The third kappa shape index (κ3) is 7.17. The summed E-state index contributed by atoms with van der Waals surface area (Å²) in [5.74, 6) is 0.709. The first kappa shape index (κ1) is 29.7. The number of morpholine rings is 1. The van der Waals surface area contributed by atoms with Gasteiger partial charge in [-0.25, -0.2) is 0 Å². The van der Waals surface area contributed by atoms with Gasteiger partial charge in [-0.15, -0.1) is 0 Å². The van der Waals surface area contributed by atoms with Crippen LogP contribution in [0.5, 0.6) is 6.01 Å². The summed E-state index contributed by atoms with van der Waals surface area (Å²) in [5, 5.41) is 4.02. The number of anilines is 2. The van der Waals surface area contributed by atoms with Crippen molar-refractivity contribution in [3.8, 4) is 17.3 Å². The zero-order chi connectivity index (χ0) is 29.9. The Balaban J connectivity index is 1.48. The van der Waals surface area contributed by atoms with Crippen molar-refractivity contribution in [2.45, 2.75) is 39.3 Å². The van der Waals surface area contributed by atoms with E-state index in [1.807, 2.05) is 12.1 Å². The lowest BCUT2D eigenvalue weighted by Crippen LogP contribution is -2.39. The van der Waals surface area contributed by atoms with E-state index in [0.29, 0.717) is 28.9 Å². The minimum atomic E-state index is -4.54. The smallest absolute Gasteiger partial charge is 0.418 e. The molecule has 10 heteroatoms. The number of alkyl halides is 3. The lowest BCUT2D eigenvalue weighted by atomic mass is 9.87. The number of ether oxygens (including phenoxy) is 2. The van der Waals surface area contributed by atoms with Crippen LogP contribution in [0.3, 0.4) is 0 Å². The molecule has 0 bridgehead atoms. The van der Waals surface area contributed by atoms with E-state index in [1.54, 1.807) is 18.2 Å². The highest BCUT2D eigenvalue weighted by atomic mass is 19.4. The first-order valence-electron chi connectivity index (χ1n) is 14.1. The molecule has 4 aromatic rings. The predicted molar refractivity (Wildman–Crippen MR) is 158 cm³/mol. The molecule has 1 aliphatic rings. The monoisotopic (exact) mass is 579 g/mol. The lowest BCUT2D eigenvalue weighted by molar-refractivity contribution is -0.137. The molecule has 2 aromatic heterocycles. The second kappa shape index (κ2) is 12.2. The quantitative estimate of drug-likeness (QED) is 0.239. The fraction of sp³-hybridized carbons (Fsp3) is 0.406. The van der Waals surface area contributed by atoms with Gasteiger partial charge in [0.2, 0.25) is 0 Å². The van der Waals surface area contributed by atoms with Crippen molar-refractivity contribution < 1.29 is 22.6 Å².